The summed E-state index contributed by atoms with van der Waals surface area (Å²) in [7, 11) is 1.26. The highest BCUT2D eigenvalue weighted by molar-refractivity contribution is 7.20. The quantitative estimate of drug-likeness (QED) is 0.427. The van der Waals surface area contributed by atoms with Gasteiger partial charge in [-0.3, -0.25) is 13.9 Å². The molecule has 0 aliphatic heterocycles. The Labute approximate surface area is 172 Å². The molecule has 0 amide bonds. The Morgan fingerprint density at radius 3 is 2.32 bits per heavy atom. The van der Waals surface area contributed by atoms with E-state index in [9.17, 15) is 40.7 Å². The minimum atomic E-state index is -5.96. The van der Waals surface area contributed by atoms with Crippen LogP contribution < -0.4 is 11.2 Å². The maximum absolute atomic E-state index is 13.4. The van der Waals surface area contributed by atoms with E-state index < -0.39 is 40.6 Å². The molecule has 0 bridgehead atoms. The van der Waals surface area contributed by atoms with Crippen LogP contribution in [0.2, 0.25) is 0 Å². The number of alkyl halides is 6. The molecule has 13 heteroatoms. The zero-order chi connectivity index (χ0) is 23.1. The zero-order valence-electron chi connectivity index (χ0n) is 15.5. The van der Waals surface area contributed by atoms with Gasteiger partial charge in [0.25, 0.3) is 11.7 Å². The maximum Gasteiger partial charge on any atom is 0.441 e. The van der Waals surface area contributed by atoms with Crippen molar-refractivity contribution in [2.75, 3.05) is 0 Å². The Morgan fingerprint density at radius 1 is 1.13 bits per heavy atom. The first kappa shape index (κ1) is 22.6. The number of carbonyl (C=O) groups excluding carboxylic acids is 1. The van der Waals surface area contributed by atoms with E-state index in [0.29, 0.717) is 16.9 Å². The summed E-state index contributed by atoms with van der Waals surface area (Å²) in [5.74, 6) is -1.97. The average molecular weight is 466 g/mol. The third kappa shape index (κ3) is 4.36. The van der Waals surface area contributed by atoms with E-state index in [1.54, 1.807) is 30.3 Å². The highest BCUT2D eigenvalue weighted by atomic mass is 32.1. The Morgan fingerprint density at radius 2 is 1.74 bits per heavy atom. The normalized spacial score (nSPS) is 13.4. The van der Waals surface area contributed by atoms with Crippen LogP contribution in [-0.2, 0) is 18.3 Å². The number of benzene rings is 1. The Bertz CT molecular complexity index is 1250. The van der Waals surface area contributed by atoms with Gasteiger partial charge in [-0.05, 0) is 11.6 Å². The average Bonchev–Trinajstić information content (AvgIpc) is 3.15. The van der Waals surface area contributed by atoms with Crippen LogP contribution in [0.25, 0.3) is 10.2 Å². The minimum Gasteiger partial charge on any atom is -0.394 e. The fourth-order valence-corrected chi connectivity index (χ4v) is 3.69. The largest absolute Gasteiger partial charge is 0.441 e. The third-order valence-corrected chi connectivity index (χ3v) is 5.40. The molecule has 0 saturated carbocycles. The van der Waals surface area contributed by atoms with E-state index >= 15 is 0 Å². The lowest BCUT2D eigenvalue weighted by Gasteiger charge is -2.21. The molecule has 0 fully saturated rings. The maximum atomic E-state index is 13.4. The fourth-order valence-electron chi connectivity index (χ4n) is 2.71. The summed E-state index contributed by atoms with van der Waals surface area (Å²) in [6, 6.07) is 9.21. The molecular weight excluding hydrogens is 454 g/mol. The number of halogens is 6. The highest BCUT2D eigenvalue weighted by Gasteiger charge is 2.60. The van der Waals surface area contributed by atoms with Crippen LogP contribution in [0, 0.1) is 0 Å². The van der Waals surface area contributed by atoms with Crippen molar-refractivity contribution < 1.29 is 35.9 Å². The molecule has 1 aromatic carbocycles. The number of aromatic nitrogens is 2. The number of aryl methyl sites for hydroxylation is 1. The molecule has 0 N–H and O–H groups in total. The summed E-state index contributed by atoms with van der Waals surface area (Å²) in [6.45, 7) is -0.120. The molecule has 31 heavy (non-hydrogen) atoms. The van der Waals surface area contributed by atoms with Crippen LogP contribution in [0.1, 0.15) is 15.2 Å². The van der Waals surface area contributed by atoms with Crippen molar-refractivity contribution in [2.24, 2.45) is 7.05 Å². The Hall–Kier alpha value is -3.09. The van der Waals surface area contributed by atoms with Crippen LogP contribution in [0.4, 0.5) is 26.3 Å². The summed E-state index contributed by atoms with van der Waals surface area (Å²) in [5.41, 5.74) is -1.01. The summed E-state index contributed by atoms with van der Waals surface area (Å²) >= 11 is 0.373. The molecule has 0 aliphatic carbocycles. The monoisotopic (exact) mass is 466 g/mol. The molecule has 1 unspecified atom stereocenters. The van der Waals surface area contributed by atoms with Crippen molar-refractivity contribution in [3.05, 3.63) is 67.7 Å². The summed E-state index contributed by atoms with van der Waals surface area (Å²) in [4.78, 5) is 36.4. The molecule has 6 nitrogen and oxygen atoms in total. The predicted octanol–water partition coefficient (Wildman–Crippen LogP) is 3.46. The standard InChI is InChI=1S/C18H12F6N2O4S/c1-25-13-10(12(27)26(16(25)29)8-9-5-3-2-4-6-9)7-11(31-13)14(28)30-18(23,24)15(19)17(20,21)22/h2-7,15H,8H2,1H3. The zero-order valence-corrected chi connectivity index (χ0v) is 16.3. The second-order valence-electron chi connectivity index (χ2n) is 6.40. The Balaban J connectivity index is 2.00. The lowest BCUT2D eigenvalue weighted by molar-refractivity contribution is -0.314. The van der Waals surface area contributed by atoms with Gasteiger partial charge in [-0.1, -0.05) is 30.3 Å². The molecule has 1 atom stereocenters. The van der Waals surface area contributed by atoms with Gasteiger partial charge < -0.3 is 4.74 Å². The van der Waals surface area contributed by atoms with Crippen molar-refractivity contribution in [3.63, 3.8) is 0 Å². The van der Waals surface area contributed by atoms with E-state index in [1.165, 1.54) is 7.05 Å². The first-order chi connectivity index (χ1) is 14.3. The van der Waals surface area contributed by atoms with E-state index in [0.717, 1.165) is 15.2 Å². The predicted molar refractivity (Wildman–Crippen MR) is 98.2 cm³/mol. The van der Waals surface area contributed by atoms with E-state index in [-0.39, 0.29) is 16.8 Å². The number of fused-ring (bicyclic) bond motifs is 1. The molecule has 2 heterocycles. The van der Waals surface area contributed by atoms with Gasteiger partial charge in [-0.15, -0.1) is 11.3 Å². The van der Waals surface area contributed by atoms with Gasteiger partial charge >= 0.3 is 23.9 Å². The molecule has 2 aromatic heterocycles. The van der Waals surface area contributed by atoms with Gasteiger partial charge in [0, 0.05) is 7.05 Å². The number of rotatable bonds is 5. The van der Waals surface area contributed by atoms with Gasteiger partial charge in [-0.2, -0.15) is 22.0 Å². The summed E-state index contributed by atoms with van der Waals surface area (Å²) in [6.07, 6.45) is -16.2. The van der Waals surface area contributed by atoms with E-state index in [1.807, 2.05) is 0 Å². The van der Waals surface area contributed by atoms with Crippen molar-refractivity contribution in [1.29, 1.82) is 0 Å². The first-order valence-electron chi connectivity index (χ1n) is 8.42. The summed E-state index contributed by atoms with van der Waals surface area (Å²) < 4.78 is 81.6. The lowest BCUT2D eigenvalue weighted by atomic mass is 10.2. The van der Waals surface area contributed by atoms with Gasteiger partial charge in [-0.25, -0.2) is 14.0 Å². The molecule has 3 rings (SSSR count). The van der Waals surface area contributed by atoms with Gasteiger partial charge in [0.2, 0.25) is 0 Å². The van der Waals surface area contributed by atoms with Gasteiger partial charge in [0.1, 0.15) is 9.71 Å². The molecule has 0 aliphatic rings. The second kappa shape index (κ2) is 7.87. The summed E-state index contributed by atoms with van der Waals surface area (Å²) in [5, 5.41) is -0.217. The van der Waals surface area contributed by atoms with Crippen molar-refractivity contribution >= 4 is 27.5 Å². The molecular formula is C18H12F6N2O4S. The number of esters is 1. The smallest absolute Gasteiger partial charge is 0.394 e. The number of carbonyl (C=O) groups is 1. The molecule has 166 valence electrons. The fraction of sp³-hybridized carbons (Fsp3) is 0.278. The van der Waals surface area contributed by atoms with Gasteiger partial charge in [0.15, 0.2) is 0 Å². The second-order valence-corrected chi connectivity index (χ2v) is 7.43. The van der Waals surface area contributed by atoms with E-state index in [2.05, 4.69) is 4.74 Å². The Kier molecular flexibility index (Phi) is 5.74. The van der Waals surface area contributed by atoms with E-state index in [4.69, 9.17) is 0 Å². The van der Waals surface area contributed by atoms with Crippen LogP contribution in [0.5, 0.6) is 0 Å². The van der Waals surface area contributed by atoms with Crippen molar-refractivity contribution in [3.8, 4) is 0 Å². The molecule has 3 aromatic rings. The van der Waals surface area contributed by atoms with Crippen LogP contribution in [0.3, 0.4) is 0 Å². The molecule has 0 saturated heterocycles. The first-order valence-corrected chi connectivity index (χ1v) is 9.24. The third-order valence-electron chi connectivity index (χ3n) is 4.21. The van der Waals surface area contributed by atoms with Gasteiger partial charge in [0.05, 0.1) is 11.9 Å². The van der Waals surface area contributed by atoms with Crippen LogP contribution in [-0.4, -0.2) is 33.6 Å². The molecule has 0 radical (unpaired) electrons. The number of nitrogens with zero attached hydrogens (tertiary/aromatic N) is 2. The van der Waals surface area contributed by atoms with Crippen molar-refractivity contribution in [1.82, 2.24) is 9.13 Å². The number of thiophene rings is 1. The topological polar surface area (TPSA) is 70.3 Å². The van der Waals surface area contributed by atoms with Crippen molar-refractivity contribution in [2.45, 2.75) is 25.0 Å². The number of hydrogen-bond acceptors (Lipinski definition) is 5. The molecule has 0 spiro atoms. The van der Waals surface area contributed by atoms with Crippen LogP contribution in [0.15, 0.2) is 46.0 Å². The highest BCUT2D eigenvalue weighted by Crippen LogP contribution is 2.36. The number of hydrogen-bond donors (Lipinski definition) is 0. The van der Waals surface area contributed by atoms with Crippen LogP contribution >= 0.6 is 11.3 Å². The minimum absolute atomic E-state index is 0.0952. The lowest BCUT2D eigenvalue weighted by Crippen LogP contribution is -2.44. The SMILES string of the molecule is Cn1c(=O)n(Cc2ccccc2)c(=O)c2cc(C(=O)OC(F)(F)C(F)C(F)(F)F)sc21. The number of ether oxygens (including phenoxy) is 1.